The summed E-state index contributed by atoms with van der Waals surface area (Å²) in [6.45, 7) is 5.10. The van der Waals surface area contributed by atoms with Crippen molar-refractivity contribution >= 4 is 10.0 Å². The second-order valence-corrected chi connectivity index (χ2v) is 7.64. The van der Waals surface area contributed by atoms with Crippen molar-refractivity contribution in [2.24, 2.45) is 17.1 Å². The van der Waals surface area contributed by atoms with Crippen LogP contribution in [0.25, 0.3) is 0 Å². The van der Waals surface area contributed by atoms with Gasteiger partial charge < -0.3 is 5.73 Å². The Kier molecular flexibility index (Phi) is 4.72. The van der Waals surface area contributed by atoms with Crippen LogP contribution in [-0.4, -0.2) is 21.5 Å². The maximum atomic E-state index is 12.3. The zero-order valence-corrected chi connectivity index (χ0v) is 13.3. The van der Waals surface area contributed by atoms with Gasteiger partial charge in [-0.3, -0.25) is 0 Å². The lowest BCUT2D eigenvalue weighted by Crippen LogP contribution is -2.32. The van der Waals surface area contributed by atoms with E-state index in [0.717, 1.165) is 18.4 Å². The number of hydrogen-bond acceptors (Lipinski definition) is 3. The number of benzene rings is 1. The fourth-order valence-corrected chi connectivity index (χ4v) is 3.45. The van der Waals surface area contributed by atoms with Crippen molar-refractivity contribution in [2.45, 2.75) is 31.6 Å². The van der Waals surface area contributed by atoms with E-state index in [4.69, 9.17) is 5.73 Å². The number of sulfonamides is 1. The first kappa shape index (κ1) is 16.0. The topological polar surface area (TPSA) is 72.2 Å². The highest BCUT2D eigenvalue weighted by molar-refractivity contribution is 7.89. The molecule has 5 heteroatoms. The predicted molar refractivity (Wildman–Crippen MR) is 84.1 cm³/mol. The highest BCUT2D eigenvalue weighted by Gasteiger charge is 2.45. The molecule has 1 aromatic rings. The molecular weight excluding hydrogens is 284 g/mol. The zero-order chi connectivity index (χ0) is 15.5. The summed E-state index contributed by atoms with van der Waals surface area (Å²) in [6, 6.07) is 6.56. The maximum absolute atomic E-state index is 12.3. The van der Waals surface area contributed by atoms with E-state index in [9.17, 15) is 8.42 Å². The first-order chi connectivity index (χ1) is 9.89. The molecule has 1 aromatic carbocycles. The monoisotopic (exact) mass is 306 g/mol. The highest BCUT2D eigenvalue weighted by atomic mass is 32.2. The molecule has 1 aliphatic rings. The van der Waals surface area contributed by atoms with E-state index in [0.29, 0.717) is 19.0 Å². The van der Waals surface area contributed by atoms with E-state index < -0.39 is 10.0 Å². The molecule has 1 aliphatic carbocycles. The predicted octanol–water partition coefficient (Wildman–Crippen LogP) is 1.71. The van der Waals surface area contributed by atoms with Crippen molar-refractivity contribution in [1.29, 1.82) is 0 Å². The van der Waals surface area contributed by atoms with Crippen molar-refractivity contribution in [3.63, 3.8) is 0 Å². The van der Waals surface area contributed by atoms with E-state index in [1.165, 1.54) is 0 Å². The van der Waals surface area contributed by atoms with E-state index in [2.05, 4.69) is 30.4 Å². The lowest BCUT2D eigenvalue weighted by Gasteiger charge is -2.20. The molecule has 1 fully saturated rings. The Morgan fingerprint density at radius 3 is 2.38 bits per heavy atom. The lowest BCUT2D eigenvalue weighted by atomic mass is 9.93. The molecule has 2 rings (SSSR count). The number of hydrogen-bond donors (Lipinski definition) is 2. The molecule has 0 saturated heterocycles. The Morgan fingerprint density at radius 2 is 1.90 bits per heavy atom. The van der Waals surface area contributed by atoms with Gasteiger partial charge in [-0.15, -0.1) is 0 Å². The molecular formula is C16H22N2O2S. The second-order valence-electron chi connectivity index (χ2n) is 5.87. The van der Waals surface area contributed by atoms with Gasteiger partial charge in [0.15, 0.2) is 0 Å². The molecule has 3 N–H and O–H groups in total. The van der Waals surface area contributed by atoms with Crippen molar-refractivity contribution in [1.82, 2.24) is 4.72 Å². The van der Waals surface area contributed by atoms with Crippen LogP contribution in [-0.2, 0) is 10.0 Å². The largest absolute Gasteiger partial charge is 0.320 e. The molecule has 0 aromatic heterocycles. The first-order valence-electron chi connectivity index (χ1n) is 7.18. The molecule has 0 amide bonds. The van der Waals surface area contributed by atoms with Crippen LogP contribution in [0.3, 0.4) is 0 Å². The normalized spacial score (nSPS) is 16.4. The third-order valence-corrected chi connectivity index (χ3v) is 5.65. The SMILES string of the molecule is CC(C)C1(CNS(=O)(=O)c2ccc(C#CCN)cc2)CC1. The van der Waals surface area contributed by atoms with Gasteiger partial charge >= 0.3 is 0 Å². The second kappa shape index (κ2) is 6.18. The van der Waals surface area contributed by atoms with Crippen LogP contribution in [0.5, 0.6) is 0 Å². The van der Waals surface area contributed by atoms with Gasteiger partial charge in [0, 0.05) is 12.1 Å². The zero-order valence-electron chi connectivity index (χ0n) is 12.5. The minimum Gasteiger partial charge on any atom is -0.320 e. The average Bonchev–Trinajstić information content (AvgIpc) is 3.25. The quantitative estimate of drug-likeness (QED) is 0.814. The fourth-order valence-electron chi connectivity index (χ4n) is 2.31. The number of nitrogens with one attached hydrogen (secondary N) is 1. The average molecular weight is 306 g/mol. The van der Waals surface area contributed by atoms with Gasteiger partial charge in [0.2, 0.25) is 10.0 Å². The molecule has 0 unspecified atom stereocenters. The third kappa shape index (κ3) is 3.85. The maximum Gasteiger partial charge on any atom is 0.240 e. The van der Waals surface area contributed by atoms with E-state index >= 15 is 0 Å². The van der Waals surface area contributed by atoms with Gasteiger partial charge in [0.25, 0.3) is 0 Å². The summed E-state index contributed by atoms with van der Waals surface area (Å²) in [5.74, 6) is 6.11. The highest BCUT2D eigenvalue weighted by Crippen LogP contribution is 2.51. The van der Waals surface area contributed by atoms with E-state index in [1.54, 1.807) is 24.3 Å². The summed E-state index contributed by atoms with van der Waals surface area (Å²) in [4.78, 5) is 0.278. The lowest BCUT2D eigenvalue weighted by molar-refractivity contribution is 0.357. The third-order valence-electron chi connectivity index (χ3n) is 4.23. The first-order valence-corrected chi connectivity index (χ1v) is 8.67. The minimum atomic E-state index is -3.45. The summed E-state index contributed by atoms with van der Waals surface area (Å²) in [6.07, 6.45) is 2.20. The van der Waals surface area contributed by atoms with Crippen LogP contribution in [0.2, 0.25) is 0 Å². The van der Waals surface area contributed by atoms with Gasteiger partial charge in [-0.1, -0.05) is 25.7 Å². The van der Waals surface area contributed by atoms with Crippen molar-refractivity contribution < 1.29 is 8.42 Å². The summed E-state index contributed by atoms with van der Waals surface area (Å²) in [5.41, 5.74) is 6.22. The van der Waals surface area contributed by atoms with Crippen LogP contribution >= 0.6 is 0 Å². The molecule has 0 heterocycles. The Hall–Kier alpha value is -1.35. The molecule has 0 bridgehead atoms. The Labute approximate surface area is 127 Å². The molecule has 114 valence electrons. The van der Waals surface area contributed by atoms with Crippen LogP contribution in [0.4, 0.5) is 0 Å². The van der Waals surface area contributed by atoms with Crippen molar-refractivity contribution in [3.8, 4) is 11.8 Å². The summed E-state index contributed by atoms with van der Waals surface area (Å²) in [5, 5.41) is 0. The number of nitrogens with two attached hydrogens (primary N) is 1. The molecule has 4 nitrogen and oxygen atoms in total. The molecule has 21 heavy (non-hydrogen) atoms. The van der Waals surface area contributed by atoms with Crippen molar-refractivity contribution in [2.75, 3.05) is 13.1 Å². The summed E-state index contributed by atoms with van der Waals surface area (Å²) < 4.78 is 27.3. The van der Waals surface area contributed by atoms with Crippen LogP contribution < -0.4 is 10.5 Å². The van der Waals surface area contributed by atoms with Crippen molar-refractivity contribution in [3.05, 3.63) is 29.8 Å². The molecule has 1 saturated carbocycles. The van der Waals surface area contributed by atoms with Gasteiger partial charge in [-0.05, 0) is 48.4 Å². The summed E-state index contributed by atoms with van der Waals surface area (Å²) >= 11 is 0. The fraction of sp³-hybridized carbons (Fsp3) is 0.500. The summed E-state index contributed by atoms with van der Waals surface area (Å²) in [7, 11) is -3.45. The van der Waals surface area contributed by atoms with Crippen LogP contribution in [0, 0.1) is 23.2 Å². The van der Waals surface area contributed by atoms with E-state index in [-0.39, 0.29) is 10.3 Å². The number of rotatable bonds is 5. The molecule has 0 spiro atoms. The van der Waals surface area contributed by atoms with E-state index in [1.807, 2.05) is 0 Å². The Balaban J connectivity index is 2.06. The van der Waals surface area contributed by atoms with Gasteiger partial charge in [0.05, 0.1) is 11.4 Å². The Bertz CT molecular complexity index is 648. The van der Waals surface area contributed by atoms with Gasteiger partial charge in [-0.2, -0.15) is 0 Å². The molecule has 0 radical (unpaired) electrons. The molecule has 0 aliphatic heterocycles. The standard InChI is InChI=1S/C16H22N2O2S/c1-13(2)16(9-10-16)12-18-21(19,20)15-7-5-14(6-8-15)4-3-11-17/h5-8,13,18H,9-12,17H2,1-2H3. The molecule has 0 atom stereocenters. The smallest absolute Gasteiger partial charge is 0.240 e. The van der Waals surface area contributed by atoms with Crippen LogP contribution in [0.1, 0.15) is 32.3 Å². The van der Waals surface area contributed by atoms with Crippen LogP contribution in [0.15, 0.2) is 29.2 Å². The van der Waals surface area contributed by atoms with Gasteiger partial charge in [0.1, 0.15) is 0 Å². The Morgan fingerprint density at radius 1 is 1.29 bits per heavy atom. The van der Waals surface area contributed by atoms with Gasteiger partial charge in [-0.25, -0.2) is 13.1 Å². The minimum absolute atomic E-state index is 0.152.